The molecule has 1 N–H and O–H groups in total. The van der Waals surface area contributed by atoms with E-state index in [1.54, 1.807) is 11.8 Å². The molecule has 4 atom stereocenters. The zero-order valence-corrected chi connectivity index (χ0v) is 22.0. The molecule has 208 valence electrons. The number of sulfonamides is 1. The average molecular weight is 556 g/mol. The van der Waals surface area contributed by atoms with Gasteiger partial charge in [-0.1, -0.05) is 0 Å². The zero-order chi connectivity index (χ0) is 26.8. The number of halogens is 2. The first kappa shape index (κ1) is 25.9. The molecule has 11 nitrogen and oxygen atoms in total. The molecule has 1 aliphatic carbocycles. The Hall–Kier alpha value is -2.39. The Morgan fingerprint density at radius 3 is 2.76 bits per heavy atom. The molecule has 0 radical (unpaired) electrons. The van der Waals surface area contributed by atoms with E-state index < -0.39 is 28.3 Å². The molecule has 4 fully saturated rings. The number of hydrogen-bond donors (Lipinski definition) is 1. The number of carbonyl (C=O) groups excluding carboxylic acids is 1. The van der Waals surface area contributed by atoms with Crippen molar-refractivity contribution in [3.8, 4) is 0 Å². The number of ether oxygens (including phenoxy) is 3. The van der Waals surface area contributed by atoms with Crippen molar-refractivity contribution in [1.82, 2.24) is 19.0 Å². The van der Waals surface area contributed by atoms with E-state index in [0.29, 0.717) is 31.0 Å². The van der Waals surface area contributed by atoms with Crippen LogP contribution in [0.5, 0.6) is 0 Å². The molecule has 0 aromatic carbocycles. The third-order valence-corrected chi connectivity index (χ3v) is 9.31. The van der Waals surface area contributed by atoms with E-state index in [0.717, 1.165) is 19.3 Å². The van der Waals surface area contributed by atoms with Gasteiger partial charge < -0.3 is 24.0 Å². The predicted molar refractivity (Wildman–Crippen MR) is 131 cm³/mol. The Labute approximate surface area is 219 Å². The van der Waals surface area contributed by atoms with Crippen molar-refractivity contribution in [2.75, 3.05) is 37.7 Å². The molecular formula is C24H31F2N5O6S. The average Bonchev–Trinajstić information content (AvgIpc) is 3.26. The number of carbonyl (C=O) groups is 1. The van der Waals surface area contributed by atoms with Crippen molar-refractivity contribution in [2.24, 2.45) is 0 Å². The van der Waals surface area contributed by atoms with Crippen LogP contribution in [-0.2, 0) is 24.2 Å². The Morgan fingerprint density at radius 2 is 2.11 bits per heavy atom. The fourth-order valence-electron chi connectivity index (χ4n) is 5.57. The van der Waals surface area contributed by atoms with Crippen LogP contribution >= 0.6 is 0 Å². The van der Waals surface area contributed by atoms with E-state index in [1.807, 2.05) is 11.8 Å². The van der Waals surface area contributed by atoms with Crippen molar-refractivity contribution in [3.63, 3.8) is 0 Å². The van der Waals surface area contributed by atoms with E-state index in [4.69, 9.17) is 9.47 Å². The SMILES string of the molecule is C[C@H]1CN(c2cc(S(=O)(=O)NC3(C)CC3)cn3c(C(=O)N4C[C@H]5C[C@@H]4CO5)cnc23)C[C@H](COC(F)F)O1. The van der Waals surface area contributed by atoms with E-state index in [-0.39, 0.29) is 47.9 Å². The van der Waals surface area contributed by atoms with Gasteiger partial charge in [-0.05, 0) is 39.2 Å². The molecule has 4 aliphatic rings. The van der Waals surface area contributed by atoms with Crippen molar-refractivity contribution in [1.29, 1.82) is 0 Å². The lowest BCUT2D eigenvalue weighted by Crippen LogP contribution is -2.48. The number of nitrogens with one attached hydrogen (secondary N) is 1. The highest BCUT2D eigenvalue weighted by atomic mass is 32.2. The molecule has 2 bridgehead atoms. The summed E-state index contributed by atoms with van der Waals surface area (Å²) in [7, 11) is -3.93. The normalized spacial score (nSPS) is 28.6. The quantitative estimate of drug-likeness (QED) is 0.523. The number of nitrogens with zero attached hydrogens (tertiary/aromatic N) is 4. The molecule has 38 heavy (non-hydrogen) atoms. The lowest BCUT2D eigenvalue weighted by atomic mass is 10.2. The Bertz CT molecular complexity index is 1350. The minimum atomic E-state index is -3.93. The molecule has 0 spiro atoms. The van der Waals surface area contributed by atoms with Gasteiger partial charge in [0.2, 0.25) is 10.0 Å². The van der Waals surface area contributed by atoms with Gasteiger partial charge in [-0.25, -0.2) is 18.1 Å². The van der Waals surface area contributed by atoms with Gasteiger partial charge in [0.05, 0.1) is 49.5 Å². The minimum Gasteiger partial charge on any atom is -0.374 e. The van der Waals surface area contributed by atoms with E-state index >= 15 is 0 Å². The summed E-state index contributed by atoms with van der Waals surface area (Å²) in [4.78, 5) is 21.7. The van der Waals surface area contributed by atoms with E-state index in [1.165, 1.54) is 22.9 Å². The predicted octanol–water partition coefficient (Wildman–Crippen LogP) is 1.61. The number of rotatable bonds is 8. The van der Waals surface area contributed by atoms with Crippen LogP contribution in [-0.4, -0.2) is 98.0 Å². The summed E-state index contributed by atoms with van der Waals surface area (Å²) in [5, 5.41) is 0. The lowest BCUT2D eigenvalue weighted by molar-refractivity contribution is -0.162. The minimum absolute atomic E-state index is 0.00836. The molecule has 3 aliphatic heterocycles. The van der Waals surface area contributed by atoms with Gasteiger partial charge >= 0.3 is 6.61 Å². The number of fused-ring (bicyclic) bond motifs is 3. The first-order chi connectivity index (χ1) is 18.0. The number of morpholine rings is 2. The third kappa shape index (κ3) is 4.88. The maximum atomic E-state index is 13.6. The molecule has 14 heteroatoms. The molecular weight excluding hydrogens is 524 g/mol. The highest BCUT2D eigenvalue weighted by molar-refractivity contribution is 7.89. The first-order valence-corrected chi connectivity index (χ1v) is 14.3. The topological polar surface area (TPSA) is 115 Å². The van der Waals surface area contributed by atoms with E-state index in [9.17, 15) is 22.0 Å². The number of amides is 1. The van der Waals surface area contributed by atoms with Crippen LogP contribution in [0.25, 0.3) is 5.65 Å². The molecule has 3 saturated heterocycles. The van der Waals surface area contributed by atoms with Gasteiger partial charge in [0.25, 0.3) is 5.91 Å². The molecule has 0 unspecified atom stereocenters. The molecule has 2 aromatic rings. The van der Waals surface area contributed by atoms with Gasteiger partial charge in [0.15, 0.2) is 5.65 Å². The summed E-state index contributed by atoms with van der Waals surface area (Å²) in [6.07, 6.45) is 4.16. The monoisotopic (exact) mass is 555 g/mol. The summed E-state index contributed by atoms with van der Waals surface area (Å²) >= 11 is 0. The molecule has 6 rings (SSSR count). The van der Waals surface area contributed by atoms with E-state index in [2.05, 4.69) is 14.4 Å². The van der Waals surface area contributed by atoms with Gasteiger partial charge in [-0.15, -0.1) is 0 Å². The summed E-state index contributed by atoms with van der Waals surface area (Å²) in [6, 6.07) is 1.51. The lowest BCUT2D eigenvalue weighted by Gasteiger charge is -2.38. The smallest absolute Gasteiger partial charge is 0.345 e. The Morgan fingerprint density at radius 1 is 1.32 bits per heavy atom. The van der Waals surface area contributed by atoms with Crippen LogP contribution in [0.15, 0.2) is 23.4 Å². The molecule has 1 saturated carbocycles. The fourth-order valence-corrected chi connectivity index (χ4v) is 7.05. The van der Waals surface area contributed by atoms with Gasteiger partial charge in [0.1, 0.15) is 10.6 Å². The number of alkyl halides is 2. The van der Waals surface area contributed by atoms with Crippen LogP contribution in [0, 0.1) is 0 Å². The van der Waals surface area contributed by atoms with Gasteiger partial charge in [-0.2, -0.15) is 8.78 Å². The highest BCUT2D eigenvalue weighted by Crippen LogP contribution is 2.37. The number of hydrogen-bond acceptors (Lipinski definition) is 8. The number of imidazole rings is 1. The summed E-state index contributed by atoms with van der Waals surface area (Å²) in [6.45, 7) is 1.93. The number of aromatic nitrogens is 2. The number of pyridine rings is 1. The largest absolute Gasteiger partial charge is 0.374 e. The van der Waals surface area contributed by atoms with Crippen LogP contribution < -0.4 is 9.62 Å². The van der Waals surface area contributed by atoms with Crippen molar-refractivity contribution < 1.29 is 36.2 Å². The Balaban J connectivity index is 1.40. The summed E-state index contributed by atoms with van der Waals surface area (Å²) < 4.78 is 72.4. The van der Waals surface area contributed by atoms with Crippen LogP contribution in [0.4, 0.5) is 14.5 Å². The fraction of sp³-hybridized carbons (Fsp3) is 0.667. The van der Waals surface area contributed by atoms with Crippen molar-refractivity contribution >= 4 is 27.3 Å². The molecule has 1 amide bonds. The number of likely N-dealkylation sites (tertiary alicyclic amines) is 1. The molecule has 2 aromatic heterocycles. The maximum Gasteiger partial charge on any atom is 0.345 e. The number of anilines is 1. The van der Waals surface area contributed by atoms with Crippen LogP contribution in [0.1, 0.15) is 43.6 Å². The zero-order valence-electron chi connectivity index (χ0n) is 21.2. The van der Waals surface area contributed by atoms with Gasteiger partial charge in [0, 0.05) is 31.4 Å². The second kappa shape index (κ2) is 9.37. The van der Waals surface area contributed by atoms with Crippen molar-refractivity contribution in [2.45, 2.75) is 74.5 Å². The summed E-state index contributed by atoms with van der Waals surface area (Å²) in [5.74, 6) is -0.241. The second-order valence-electron chi connectivity index (χ2n) is 10.9. The van der Waals surface area contributed by atoms with Crippen LogP contribution in [0.3, 0.4) is 0 Å². The van der Waals surface area contributed by atoms with Gasteiger partial charge in [-0.3, -0.25) is 9.20 Å². The third-order valence-electron chi connectivity index (χ3n) is 7.71. The first-order valence-electron chi connectivity index (χ1n) is 12.8. The second-order valence-corrected chi connectivity index (χ2v) is 12.6. The highest BCUT2D eigenvalue weighted by Gasteiger charge is 2.43. The van der Waals surface area contributed by atoms with Crippen LogP contribution in [0.2, 0.25) is 0 Å². The Kier molecular flexibility index (Phi) is 6.37. The molecule has 5 heterocycles. The standard InChI is InChI=1S/C24H31F2N5O6S/c1-14-8-29(9-17(37-14)13-36-23(25)26)19-6-18(38(33,34)28-24(2)3-4-24)11-31-20(7-27-21(19)31)22(32)30-10-16-5-15(30)12-35-16/h6-7,11,14-17,23,28H,3-5,8-10,12-13H2,1-2H3/t14-,15+,16+,17+/m0/s1. The van der Waals surface area contributed by atoms with Crippen molar-refractivity contribution in [3.05, 3.63) is 24.2 Å². The summed E-state index contributed by atoms with van der Waals surface area (Å²) in [5.41, 5.74) is 0.619. The maximum absolute atomic E-state index is 13.6.